The highest BCUT2D eigenvalue weighted by molar-refractivity contribution is 6.04. The van der Waals surface area contributed by atoms with Crippen LogP contribution in [0.25, 0.3) is 33.0 Å². The van der Waals surface area contributed by atoms with Gasteiger partial charge in [-0.25, -0.2) is 13.2 Å². The molecule has 3 heteroatoms. The molecule has 25 heavy (non-hydrogen) atoms. The Balaban J connectivity index is 2.13. The predicted octanol–water partition coefficient (Wildman–Crippen LogP) is 6.59. The summed E-state index contributed by atoms with van der Waals surface area (Å²) >= 11 is 0. The zero-order valence-corrected chi connectivity index (χ0v) is 13.1. The minimum atomic E-state index is -1.45. The van der Waals surface area contributed by atoms with Gasteiger partial charge < -0.3 is 0 Å². The van der Waals surface area contributed by atoms with E-state index in [0.717, 1.165) is 28.0 Å². The zero-order chi connectivity index (χ0) is 17.4. The number of hydrogen-bond donors (Lipinski definition) is 0. The summed E-state index contributed by atoms with van der Waals surface area (Å²) in [5, 5.41) is 1.69. The maximum absolute atomic E-state index is 14.6. The van der Waals surface area contributed by atoms with E-state index in [4.69, 9.17) is 0 Å². The van der Waals surface area contributed by atoms with E-state index in [1.54, 1.807) is 0 Å². The van der Waals surface area contributed by atoms with Gasteiger partial charge in [0.05, 0.1) is 0 Å². The van der Waals surface area contributed by atoms with Crippen LogP contribution in [0.3, 0.4) is 0 Å². The first-order chi connectivity index (χ1) is 12.2. The van der Waals surface area contributed by atoms with Gasteiger partial charge >= 0.3 is 0 Å². The third-order valence-corrected chi connectivity index (χ3v) is 4.32. The molecule has 0 amide bonds. The maximum Gasteiger partial charge on any atom is 0.195 e. The minimum Gasteiger partial charge on any atom is -0.204 e. The van der Waals surface area contributed by atoms with Gasteiger partial charge in [0.1, 0.15) is 0 Å². The lowest BCUT2D eigenvalue weighted by atomic mass is 9.89. The summed E-state index contributed by atoms with van der Waals surface area (Å²) in [6.45, 7) is 0. The van der Waals surface area contributed by atoms with Crippen LogP contribution in [0.4, 0.5) is 13.2 Å². The summed E-state index contributed by atoms with van der Waals surface area (Å²) in [6, 6.07) is 23.1. The van der Waals surface area contributed by atoms with Gasteiger partial charge in [0.25, 0.3) is 0 Å². The second kappa shape index (κ2) is 6.10. The van der Waals surface area contributed by atoms with E-state index in [-0.39, 0.29) is 5.56 Å². The fourth-order valence-electron chi connectivity index (χ4n) is 3.14. The molecule has 122 valence electrons. The van der Waals surface area contributed by atoms with Crippen molar-refractivity contribution in [2.75, 3.05) is 0 Å². The van der Waals surface area contributed by atoms with E-state index in [9.17, 15) is 13.2 Å². The van der Waals surface area contributed by atoms with Crippen molar-refractivity contribution < 1.29 is 13.2 Å². The molecule has 0 aromatic heterocycles. The summed E-state index contributed by atoms with van der Waals surface area (Å²) in [7, 11) is 0. The molecular formula is C22H13F3. The van der Waals surface area contributed by atoms with Crippen LogP contribution in [0.2, 0.25) is 0 Å². The molecule has 0 atom stereocenters. The highest BCUT2D eigenvalue weighted by Gasteiger charge is 2.19. The number of hydrogen-bond acceptors (Lipinski definition) is 0. The second-order valence-corrected chi connectivity index (χ2v) is 5.80. The molecule has 0 saturated heterocycles. The Bertz CT molecular complexity index is 1070. The Kier molecular flexibility index (Phi) is 3.77. The number of benzene rings is 4. The summed E-state index contributed by atoms with van der Waals surface area (Å²) in [6.07, 6.45) is 0. The average Bonchev–Trinajstić information content (AvgIpc) is 2.66. The van der Waals surface area contributed by atoms with Crippen molar-refractivity contribution in [1.82, 2.24) is 0 Å². The van der Waals surface area contributed by atoms with E-state index < -0.39 is 17.5 Å². The summed E-state index contributed by atoms with van der Waals surface area (Å²) in [5.74, 6) is -3.82. The van der Waals surface area contributed by atoms with Crippen molar-refractivity contribution in [3.05, 3.63) is 96.3 Å². The molecule has 4 aromatic carbocycles. The molecule has 0 nitrogen and oxygen atoms in total. The molecule has 0 heterocycles. The highest BCUT2D eigenvalue weighted by Crippen LogP contribution is 2.39. The van der Waals surface area contributed by atoms with Crippen LogP contribution in [-0.4, -0.2) is 0 Å². The van der Waals surface area contributed by atoms with Crippen LogP contribution in [0, 0.1) is 17.5 Å². The molecule has 0 fully saturated rings. The van der Waals surface area contributed by atoms with Gasteiger partial charge in [0.15, 0.2) is 17.5 Å². The van der Waals surface area contributed by atoms with E-state index in [1.165, 1.54) is 6.07 Å². The molecule has 0 spiro atoms. The first-order valence-electron chi connectivity index (χ1n) is 7.88. The van der Waals surface area contributed by atoms with Crippen molar-refractivity contribution >= 4 is 10.8 Å². The monoisotopic (exact) mass is 334 g/mol. The van der Waals surface area contributed by atoms with E-state index in [2.05, 4.69) is 0 Å². The molecule has 4 aromatic rings. The lowest BCUT2D eigenvalue weighted by Crippen LogP contribution is -1.96. The molecule has 4 rings (SSSR count). The normalized spacial score (nSPS) is 11.0. The van der Waals surface area contributed by atoms with Gasteiger partial charge in [-0.15, -0.1) is 0 Å². The van der Waals surface area contributed by atoms with Crippen molar-refractivity contribution in [2.45, 2.75) is 0 Å². The third-order valence-electron chi connectivity index (χ3n) is 4.32. The van der Waals surface area contributed by atoms with Crippen LogP contribution in [0.5, 0.6) is 0 Å². The van der Waals surface area contributed by atoms with Gasteiger partial charge in [-0.1, -0.05) is 66.7 Å². The molecule has 0 saturated carbocycles. The van der Waals surface area contributed by atoms with E-state index in [1.807, 2.05) is 66.7 Å². The molecule has 0 aliphatic heterocycles. The van der Waals surface area contributed by atoms with Gasteiger partial charge in [-0.05, 0) is 34.0 Å². The minimum absolute atomic E-state index is 0.0505. The smallest absolute Gasteiger partial charge is 0.195 e. The Hall–Kier alpha value is -3.07. The summed E-state index contributed by atoms with van der Waals surface area (Å²) in [4.78, 5) is 0. The third kappa shape index (κ3) is 2.58. The quantitative estimate of drug-likeness (QED) is 0.363. The van der Waals surface area contributed by atoms with Crippen LogP contribution in [0.1, 0.15) is 0 Å². The lowest BCUT2D eigenvalue weighted by Gasteiger charge is -2.15. The first kappa shape index (κ1) is 15.5. The Morgan fingerprint density at radius 3 is 2.00 bits per heavy atom. The van der Waals surface area contributed by atoms with Gasteiger partial charge in [0.2, 0.25) is 0 Å². The fraction of sp³-hybridized carbons (Fsp3) is 0. The standard InChI is InChI=1S/C22H13F3/c23-19-13-12-18(21(24)22(19)25)20-16-9-5-4-8-15(16)10-11-17(20)14-6-2-1-3-7-14/h1-13H. The average molecular weight is 334 g/mol. The summed E-state index contributed by atoms with van der Waals surface area (Å²) in [5.41, 5.74) is 2.26. The Labute approximate surface area is 143 Å². The largest absolute Gasteiger partial charge is 0.204 e. The van der Waals surface area contributed by atoms with Crippen molar-refractivity contribution in [3.8, 4) is 22.3 Å². The maximum atomic E-state index is 14.6. The summed E-state index contributed by atoms with van der Waals surface area (Å²) < 4.78 is 41.8. The molecule has 0 bridgehead atoms. The molecule has 0 radical (unpaired) electrons. The molecule has 0 aliphatic rings. The molecule has 0 aliphatic carbocycles. The van der Waals surface area contributed by atoms with E-state index in [0.29, 0.717) is 5.56 Å². The van der Waals surface area contributed by atoms with Crippen LogP contribution < -0.4 is 0 Å². The molecule has 0 N–H and O–H groups in total. The van der Waals surface area contributed by atoms with Crippen LogP contribution >= 0.6 is 0 Å². The fourth-order valence-corrected chi connectivity index (χ4v) is 3.14. The van der Waals surface area contributed by atoms with Gasteiger partial charge in [-0.3, -0.25) is 0 Å². The number of rotatable bonds is 2. The molecule has 0 unspecified atom stereocenters. The Morgan fingerprint density at radius 2 is 1.20 bits per heavy atom. The lowest BCUT2D eigenvalue weighted by molar-refractivity contribution is 0.449. The van der Waals surface area contributed by atoms with Crippen molar-refractivity contribution in [2.24, 2.45) is 0 Å². The van der Waals surface area contributed by atoms with Crippen LogP contribution in [0.15, 0.2) is 78.9 Å². The number of halogens is 3. The van der Waals surface area contributed by atoms with Crippen molar-refractivity contribution in [3.63, 3.8) is 0 Å². The van der Waals surface area contributed by atoms with E-state index >= 15 is 0 Å². The second-order valence-electron chi connectivity index (χ2n) is 5.80. The Morgan fingerprint density at radius 1 is 0.520 bits per heavy atom. The number of fused-ring (bicyclic) bond motifs is 1. The van der Waals surface area contributed by atoms with Crippen molar-refractivity contribution in [1.29, 1.82) is 0 Å². The molecular weight excluding hydrogens is 321 g/mol. The first-order valence-corrected chi connectivity index (χ1v) is 7.88. The zero-order valence-electron chi connectivity index (χ0n) is 13.1. The highest BCUT2D eigenvalue weighted by atomic mass is 19.2. The van der Waals surface area contributed by atoms with Gasteiger partial charge in [-0.2, -0.15) is 0 Å². The van der Waals surface area contributed by atoms with Gasteiger partial charge in [0, 0.05) is 11.1 Å². The SMILES string of the molecule is Fc1ccc(-c2c(-c3ccccc3)ccc3ccccc23)c(F)c1F. The predicted molar refractivity (Wildman–Crippen MR) is 94.7 cm³/mol. The van der Waals surface area contributed by atoms with Crippen LogP contribution in [-0.2, 0) is 0 Å². The topological polar surface area (TPSA) is 0 Å².